The van der Waals surface area contributed by atoms with Crippen LogP contribution < -0.4 is 10.1 Å². The van der Waals surface area contributed by atoms with Crippen molar-refractivity contribution in [2.75, 3.05) is 11.1 Å². The van der Waals surface area contributed by atoms with Gasteiger partial charge in [-0.1, -0.05) is 30.8 Å². The molecule has 1 aliphatic carbocycles. The minimum absolute atomic E-state index is 0.0915. The molecule has 0 saturated carbocycles. The summed E-state index contributed by atoms with van der Waals surface area (Å²) in [5.74, 6) is 2.60. The largest absolute Gasteiger partial charge is 0.491 e. The SMILES string of the molecule is CCSc1nc2n(n1)C(c1cccc(OC(C)C)c1)C1=C(CCCC1=O)N2. The molecule has 4 rings (SSSR count). The number of ketones is 1. The fourth-order valence-electron chi connectivity index (χ4n) is 3.67. The summed E-state index contributed by atoms with van der Waals surface area (Å²) in [6, 6.07) is 7.71. The average molecular weight is 385 g/mol. The normalized spacial score (nSPS) is 19.0. The van der Waals surface area contributed by atoms with E-state index in [9.17, 15) is 4.79 Å². The van der Waals surface area contributed by atoms with Crippen molar-refractivity contribution in [2.45, 2.75) is 57.3 Å². The van der Waals surface area contributed by atoms with Crippen LogP contribution in [0.3, 0.4) is 0 Å². The van der Waals surface area contributed by atoms with Crippen LogP contribution in [0.2, 0.25) is 0 Å². The van der Waals surface area contributed by atoms with Gasteiger partial charge in [-0.3, -0.25) is 4.79 Å². The minimum atomic E-state index is -0.265. The average Bonchev–Trinajstić information content (AvgIpc) is 3.02. The van der Waals surface area contributed by atoms with Crippen molar-refractivity contribution in [3.05, 3.63) is 41.1 Å². The number of Topliss-reactive ketones (excluding diaryl/α,β-unsaturated/α-hetero) is 1. The van der Waals surface area contributed by atoms with Crippen molar-refractivity contribution in [1.82, 2.24) is 14.8 Å². The number of thioether (sulfide) groups is 1. The number of anilines is 1. The van der Waals surface area contributed by atoms with Crippen LogP contribution in [0.25, 0.3) is 0 Å². The second kappa shape index (κ2) is 7.38. The standard InChI is InChI=1S/C20H24N4O2S/c1-4-27-20-22-19-21-15-9-6-10-16(25)17(15)18(24(19)23-20)13-7-5-8-14(11-13)26-12(2)3/h5,7-8,11-12,18H,4,6,9-10H2,1-3H3,(H,21,22,23). The number of hydrogen-bond acceptors (Lipinski definition) is 6. The molecule has 1 unspecified atom stereocenters. The summed E-state index contributed by atoms with van der Waals surface area (Å²) in [7, 11) is 0. The maximum Gasteiger partial charge on any atom is 0.227 e. The van der Waals surface area contributed by atoms with Gasteiger partial charge in [-0.15, -0.1) is 5.10 Å². The quantitative estimate of drug-likeness (QED) is 0.779. The van der Waals surface area contributed by atoms with Crippen molar-refractivity contribution < 1.29 is 9.53 Å². The van der Waals surface area contributed by atoms with E-state index in [1.165, 1.54) is 0 Å². The summed E-state index contributed by atoms with van der Waals surface area (Å²) in [6.07, 6.45) is 2.41. The van der Waals surface area contributed by atoms with E-state index in [0.717, 1.165) is 46.3 Å². The van der Waals surface area contributed by atoms with E-state index in [1.54, 1.807) is 11.8 Å². The number of allylic oxidation sites excluding steroid dienone is 2. The topological polar surface area (TPSA) is 69.0 Å². The molecule has 0 amide bonds. The number of aromatic nitrogens is 3. The summed E-state index contributed by atoms with van der Waals surface area (Å²) < 4.78 is 7.73. The number of carbonyl (C=O) groups is 1. The van der Waals surface area contributed by atoms with Crippen molar-refractivity contribution in [3.63, 3.8) is 0 Å². The molecule has 27 heavy (non-hydrogen) atoms. The van der Waals surface area contributed by atoms with Crippen LogP contribution in [0, 0.1) is 0 Å². The molecule has 0 spiro atoms. The van der Waals surface area contributed by atoms with Gasteiger partial charge < -0.3 is 10.1 Å². The molecule has 7 heteroatoms. The van der Waals surface area contributed by atoms with E-state index in [2.05, 4.69) is 17.2 Å². The molecule has 6 nitrogen and oxygen atoms in total. The van der Waals surface area contributed by atoms with Crippen LogP contribution in [0.5, 0.6) is 5.75 Å². The van der Waals surface area contributed by atoms with E-state index in [-0.39, 0.29) is 17.9 Å². The zero-order valence-corrected chi connectivity index (χ0v) is 16.7. The number of ether oxygens (including phenoxy) is 1. The van der Waals surface area contributed by atoms with Crippen molar-refractivity contribution in [1.29, 1.82) is 0 Å². The lowest BCUT2D eigenvalue weighted by molar-refractivity contribution is -0.116. The third-order valence-electron chi connectivity index (χ3n) is 4.67. The molecule has 1 aromatic heterocycles. The molecule has 2 heterocycles. The third kappa shape index (κ3) is 3.48. The van der Waals surface area contributed by atoms with Gasteiger partial charge in [-0.2, -0.15) is 4.98 Å². The first-order chi connectivity index (χ1) is 13.1. The minimum Gasteiger partial charge on any atom is -0.491 e. The van der Waals surface area contributed by atoms with Crippen LogP contribution in [-0.4, -0.2) is 32.4 Å². The Bertz CT molecular complexity index is 903. The fraction of sp³-hybridized carbons (Fsp3) is 0.450. The van der Waals surface area contributed by atoms with Gasteiger partial charge in [0.2, 0.25) is 11.1 Å². The summed E-state index contributed by atoms with van der Waals surface area (Å²) >= 11 is 1.60. The van der Waals surface area contributed by atoms with Crippen molar-refractivity contribution >= 4 is 23.5 Å². The maximum atomic E-state index is 12.8. The summed E-state index contributed by atoms with van der Waals surface area (Å²) in [4.78, 5) is 17.5. The van der Waals surface area contributed by atoms with Crippen LogP contribution in [0.15, 0.2) is 40.7 Å². The van der Waals surface area contributed by atoms with E-state index < -0.39 is 0 Å². The molecule has 142 valence electrons. The van der Waals surface area contributed by atoms with E-state index in [4.69, 9.17) is 9.84 Å². The first-order valence-electron chi connectivity index (χ1n) is 9.46. The van der Waals surface area contributed by atoms with E-state index in [1.807, 2.05) is 42.8 Å². The molecular weight excluding hydrogens is 360 g/mol. The Morgan fingerprint density at radius 1 is 1.37 bits per heavy atom. The Hall–Kier alpha value is -2.28. The number of rotatable bonds is 5. The highest BCUT2D eigenvalue weighted by Crippen LogP contribution is 2.41. The fourth-order valence-corrected chi connectivity index (χ4v) is 4.22. The Morgan fingerprint density at radius 2 is 2.22 bits per heavy atom. The van der Waals surface area contributed by atoms with Gasteiger partial charge in [-0.25, -0.2) is 4.68 Å². The second-order valence-corrected chi connectivity index (χ2v) is 8.26. The van der Waals surface area contributed by atoms with E-state index >= 15 is 0 Å². The highest BCUT2D eigenvalue weighted by atomic mass is 32.2. The smallest absolute Gasteiger partial charge is 0.227 e. The monoisotopic (exact) mass is 384 g/mol. The van der Waals surface area contributed by atoms with Gasteiger partial charge in [0.25, 0.3) is 0 Å². The van der Waals surface area contributed by atoms with Crippen molar-refractivity contribution in [2.24, 2.45) is 0 Å². The van der Waals surface area contributed by atoms with Crippen LogP contribution >= 0.6 is 11.8 Å². The molecule has 1 aliphatic heterocycles. The van der Waals surface area contributed by atoms with Gasteiger partial charge >= 0.3 is 0 Å². The first kappa shape index (κ1) is 18.1. The predicted molar refractivity (Wildman–Crippen MR) is 106 cm³/mol. The molecule has 0 radical (unpaired) electrons. The van der Waals surface area contributed by atoms with Crippen LogP contribution in [-0.2, 0) is 4.79 Å². The molecule has 1 N–H and O–H groups in total. The molecular formula is C20H24N4O2S. The lowest BCUT2D eigenvalue weighted by atomic mass is 9.85. The highest BCUT2D eigenvalue weighted by molar-refractivity contribution is 7.99. The van der Waals surface area contributed by atoms with Gasteiger partial charge in [0.1, 0.15) is 11.8 Å². The Labute approximate surface area is 163 Å². The van der Waals surface area contributed by atoms with Crippen molar-refractivity contribution in [3.8, 4) is 5.75 Å². The molecule has 1 aromatic carbocycles. The Balaban J connectivity index is 1.83. The first-order valence-corrected chi connectivity index (χ1v) is 10.4. The zero-order valence-electron chi connectivity index (χ0n) is 15.9. The van der Waals surface area contributed by atoms with Gasteiger partial charge in [-0.05, 0) is 50.1 Å². The molecule has 1 atom stereocenters. The molecule has 0 fully saturated rings. The lowest BCUT2D eigenvalue weighted by Gasteiger charge is -2.32. The molecule has 0 saturated heterocycles. The summed E-state index contributed by atoms with van der Waals surface area (Å²) in [5.41, 5.74) is 2.80. The molecule has 2 aromatic rings. The predicted octanol–water partition coefficient (Wildman–Crippen LogP) is 4.20. The van der Waals surface area contributed by atoms with Crippen LogP contribution in [0.4, 0.5) is 5.95 Å². The number of fused-ring (bicyclic) bond motifs is 1. The number of hydrogen-bond donors (Lipinski definition) is 1. The maximum absolute atomic E-state index is 12.8. The highest BCUT2D eigenvalue weighted by Gasteiger charge is 2.36. The molecule has 2 aliphatic rings. The second-order valence-electron chi connectivity index (χ2n) is 7.03. The lowest BCUT2D eigenvalue weighted by Crippen LogP contribution is -2.31. The molecule has 0 bridgehead atoms. The van der Waals surface area contributed by atoms with Gasteiger partial charge in [0, 0.05) is 17.7 Å². The number of nitrogens with one attached hydrogen (secondary N) is 1. The zero-order chi connectivity index (χ0) is 19.0. The van der Waals surface area contributed by atoms with Crippen LogP contribution in [0.1, 0.15) is 51.6 Å². The number of nitrogens with zero attached hydrogens (tertiary/aromatic N) is 3. The summed E-state index contributed by atoms with van der Waals surface area (Å²) in [5, 5.41) is 8.78. The number of benzene rings is 1. The third-order valence-corrected chi connectivity index (χ3v) is 5.39. The van der Waals surface area contributed by atoms with Gasteiger partial charge in [0.15, 0.2) is 5.78 Å². The Morgan fingerprint density at radius 3 is 3.00 bits per heavy atom. The number of carbonyl (C=O) groups excluding carboxylic acids is 1. The summed E-state index contributed by atoms with van der Waals surface area (Å²) in [6.45, 7) is 6.09. The van der Waals surface area contributed by atoms with Gasteiger partial charge in [0.05, 0.1) is 6.10 Å². The Kier molecular flexibility index (Phi) is 4.95. The van der Waals surface area contributed by atoms with E-state index in [0.29, 0.717) is 12.4 Å².